The number of alkyl halides is 5. The lowest BCUT2D eigenvalue weighted by atomic mass is 10.3. The van der Waals surface area contributed by atoms with Gasteiger partial charge in [0.1, 0.15) is 0 Å². The number of halogens is 8. The predicted molar refractivity (Wildman–Crippen MR) is 50.8 cm³/mol. The summed E-state index contributed by atoms with van der Waals surface area (Å²) in [4.78, 5) is 0. The molecule has 16 heteroatoms. The van der Waals surface area contributed by atoms with Gasteiger partial charge in [0.25, 0.3) is 0 Å². The summed E-state index contributed by atoms with van der Waals surface area (Å²) in [5.74, 6) is -6.47. The highest BCUT2D eigenvalue weighted by molar-refractivity contribution is 8.05. The van der Waals surface area contributed by atoms with Crippen LogP contribution in [0, 0.1) is 0 Å². The van der Waals surface area contributed by atoms with Crippen molar-refractivity contribution in [1.82, 2.24) is 3.71 Å². The monoisotopic (exact) mass is 385 g/mol. The molecule has 0 bridgehead atoms. The van der Waals surface area contributed by atoms with Crippen molar-refractivity contribution in [3.63, 3.8) is 0 Å². The lowest BCUT2D eigenvalue weighted by Crippen LogP contribution is -2.73. The average molecular weight is 385 g/mol. The highest BCUT2D eigenvalue weighted by Gasteiger charge is 2.89. The molecule has 1 aliphatic rings. The van der Waals surface area contributed by atoms with E-state index < -0.39 is 52.2 Å². The molecular formula is C6H3F8NO5S2. The van der Waals surface area contributed by atoms with Crippen LogP contribution < -0.4 is 0 Å². The van der Waals surface area contributed by atoms with Gasteiger partial charge in [0.15, 0.2) is 0 Å². The smallest absolute Gasteiger partial charge is 0.417 e. The fourth-order valence-corrected chi connectivity index (χ4v) is 4.54. The highest BCUT2D eigenvalue weighted by atomic mass is 32.3. The van der Waals surface area contributed by atoms with E-state index in [4.69, 9.17) is 0 Å². The van der Waals surface area contributed by atoms with Crippen molar-refractivity contribution in [2.24, 2.45) is 0 Å². The van der Waals surface area contributed by atoms with Gasteiger partial charge >= 0.3 is 48.5 Å². The Morgan fingerprint density at radius 1 is 0.864 bits per heavy atom. The van der Waals surface area contributed by atoms with Gasteiger partial charge in [0.05, 0.1) is 0 Å². The summed E-state index contributed by atoms with van der Waals surface area (Å²) in [5, 5.41) is -12.8. The highest BCUT2D eigenvalue weighted by Crippen LogP contribution is 2.57. The third kappa shape index (κ3) is 1.92. The molecule has 0 unspecified atom stereocenters. The molecule has 1 heterocycles. The first-order chi connectivity index (χ1) is 9.48. The molecule has 1 rings (SSSR count). The topological polar surface area (TPSA) is 80.8 Å². The summed E-state index contributed by atoms with van der Waals surface area (Å²) >= 11 is 0. The Kier molecular flexibility index (Phi) is 4.01. The summed E-state index contributed by atoms with van der Waals surface area (Å²) in [6, 6.07) is -3.64. The van der Waals surface area contributed by atoms with E-state index in [-0.39, 0.29) is 7.05 Å². The summed E-state index contributed by atoms with van der Waals surface area (Å²) in [7, 11) is -13.7. The lowest BCUT2D eigenvalue weighted by Gasteiger charge is -2.42. The first-order valence-electron chi connectivity index (χ1n) is 4.56. The van der Waals surface area contributed by atoms with Gasteiger partial charge in [-0.3, -0.25) is 0 Å². The Balaban J connectivity index is 3.83. The van der Waals surface area contributed by atoms with E-state index in [0.717, 1.165) is 0 Å². The molecule has 0 saturated carbocycles. The average Bonchev–Trinajstić information content (AvgIpc) is 2.35. The molecule has 0 aromatic rings. The van der Waals surface area contributed by atoms with Crippen molar-refractivity contribution in [1.29, 1.82) is 0 Å². The van der Waals surface area contributed by atoms with Gasteiger partial charge in [0.2, 0.25) is 0 Å². The molecule has 0 amide bonds. The zero-order chi connectivity index (χ0) is 17.9. The van der Waals surface area contributed by atoms with Crippen molar-refractivity contribution in [3.8, 4) is 0 Å². The second-order valence-corrected chi connectivity index (χ2v) is 7.91. The first kappa shape index (κ1) is 18.9. The van der Waals surface area contributed by atoms with Crippen LogP contribution in [0.4, 0.5) is 35.1 Å². The fraction of sp³-hybridized carbons (Fsp3) is 0.667. The van der Waals surface area contributed by atoms with E-state index >= 15 is 0 Å². The number of sulfonamides is 2. The molecule has 1 fully saturated rings. The lowest BCUT2D eigenvalue weighted by molar-refractivity contribution is -0.307. The van der Waals surface area contributed by atoms with E-state index in [1.165, 1.54) is 0 Å². The Morgan fingerprint density at radius 2 is 1.18 bits per heavy atom. The quantitative estimate of drug-likeness (QED) is 0.532. The largest absolute Gasteiger partial charge is 0.435 e. The molecule has 0 aromatic heterocycles. The van der Waals surface area contributed by atoms with Crippen LogP contribution in [0.1, 0.15) is 0 Å². The normalized spacial score (nSPS) is 27.9. The molecule has 0 atom stereocenters. The van der Waals surface area contributed by atoms with Crippen molar-refractivity contribution in [2.75, 3.05) is 7.05 Å². The van der Waals surface area contributed by atoms with Crippen LogP contribution in [0.25, 0.3) is 0 Å². The standard InChI is InChI=1S/C6H3F8NO5S2/c1-15-21(16,17)5(11,12)4(10,20-3(9)2(7)8)6(13,14)22(15,18)19/h1H3. The Labute approximate surface area is 117 Å². The first-order valence-corrected chi connectivity index (χ1v) is 7.44. The Hall–Kier alpha value is -1.16. The minimum Gasteiger partial charge on any atom is -0.417 e. The van der Waals surface area contributed by atoms with Crippen molar-refractivity contribution < 1.29 is 56.7 Å². The molecule has 0 spiro atoms. The van der Waals surface area contributed by atoms with Crippen LogP contribution >= 0.6 is 0 Å². The summed E-state index contributed by atoms with van der Waals surface area (Å²) in [6.45, 7) is 0. The van der Waals surface area contributed by atoms with Gasteiger partial charge in [-0.25, -0.2) is 16.8 Å². The van der Waals surface area contributed by atoms with Gasteiger partial charge in [-0.2, -0.15) is 35.1 Å². The zero-order valence-corrected chi connectivity index (χ0v) is 11.5. The third-order valence-corrected chi connectivity index (χ3v) is 6.80. The van der Waals surface area contributed by atoms with E-state index in [0.29, 0.717) is 0 Å². The molecule has 1 saturated heterocycles. The molecule has 22 heavy (non-hydrogen) atoms. The second kappa shape index (κ2) is 4.67. The SMILES string of the molecule is CN1S(=O)(=O)C(F)(F)C(F)(OC(F)=C(F)F)C(F)(F)S1(=O)=O. The number of nitrogens with zero attached hydrogens (tertiary/aromatic N) is 1. The molecule has 130 valence electrons. The minimum atomic E-state index is -6.70. The van der Waals surface area contributed by atoms with E-state index in [9.17, 15) is 52.0 Å². The number of rotatable bonds is 2. The van der Waals surface area contributed by atoms with Gasteiger partial charge in [0, 0.05) is 7.05 Å². The molecule has 0 aliphatic carbocycles. The van der Waals surface area contributed by atoms with Gasteiger partial charge in [-0.05, 0) is 0 Å². The van der Waals surface area contributed by atoms with Gasteiger partial charge < -0.3 is 4.74 Å². The minimum absolute atomic E-state index is 0.284. The number of hydrogen-bond donors (Lipinski definition) is 0. The summed E-state index contributed by atoms with van der Waals surface area (Å²) in [5.41, 5.74) is 0. The van der Waals surface area contributed by atoms with Crippen LogP contribution in [0.5, 0.6) is 0 Å². The van der Waals surface area contributed by atoms with Gasteiger partial charge in [-0.1, -0.05) is 3.71 Å². The zero-order valence-electron chi connectivity index (χ0n) is 9.83. The van der Waals surface area contributed by atoms with Crippen LogP contribution in [-0.2, 0) is 24.8 Å². The van der Waals surface area contributed by atoms with E-state index in [1.54, 1.807) is 0 Å². The molecule has 6 nitrogen and oxygen atoms in total. The van der Waals surface area contributed by atoms with Crippen LogP contribution in [0.2, 0.25) is 0 Å². The molecular weight excluding hydrogens is 382 g/mol. The Bertz CT molecular complexity index is 678. The van der Waals surface area contributed by atoms with Crippen LogP contribution in [0.15, 0.2) is 12.1 Å². The number of hydrogen-bond acceptors (Lipinski definition) is 5. The molecule has 0 aromatic carbocycles. The summed E-state index contributed by atoms with van der Waals surface area (Å²) < 4.78 is 149. The molecule has 0 N–H and O–H groups in total. The van der Waals surface area contributed by atoms with E-state index in [2.05, 4.69) is 4.74 Å². The molecule has 1 aliphatic heterocycles. The third-order valence-electron chi connectivity index (χ3n) is 2.45. The second-order valence-electron chi connectivity index (χ2n) is 3.65. The van der Waals surface area contributed by atoms with Crippen molar-refractivity contribution in [3.05, 3.63) is 12.1 Å². The maximum absolute atomic E-state index is 13.8. The maximum Gasteiger partial charge on any atom is 0.435 e. The van der Waals surface area contributed by atoms with Crippen LogP contribution in [0.3, 0.4) is 0 Å². The fourth-order valence-electron chi connectivity index (χ4n) is 1.23. The van der Waals surface area contributed by atoms with Crippen LogP contribution in [-0.4, -0.2) is 44.0 Å². The summed E-state index contributed by atoms with van der Waals surface area (Å²) in [6.07, 6.45) is -3.71. The van der Waals surface area contributed by atoms with Crippen molar-refractivity contribution >= 4 is 20.0 Å². The Morgan fingerprint density at radius 3 is 1.45 bits per heavy atom. The van der Waals surface area contributed by atoms with Crippen molar-refractivity contribution in [2.45, 2.75) is 16.4 Å². The molecule has 0 radical (unpaired) electrons. The predicted octanol–water partition coefficient (Wildman–Crippen LogP) is 1.49. The van der Waals surface area contributed by atoms with E-state index in [1.807, 2.05) is 0 Å². The number of ether oxygens (including phenoxy) is 1. The van der Waals surface area contributed by atoms with Gasteiger partial charge in [-0.15, -0.1) is 0 Å². The maximum atomic E-state index is 13.8.